The van der Waals surface area contributed by atoms with E-state index in [9.17, 15) is 4.79 Å². The Hall–Kier alpha value is -2.73. The molecule has 0 aromatic heterocycles. The molecule has 1 amide bonds. The van der Waals surface area contributed by atoms with Gasteiger partial charge in [-0.3, -0.25) is 20.2 Å². The van der Waals surface area contributed by atoms with E-state index in [4.69, 9.17) is 39.9 Å². The number of anilines is 2. The molecule has 0 spiro atoms. The van der Waals surface area contributed by atoms with Crippen molar-refractivity contribution in [3.05, 3.63) is 92.9 Å². The summed E-state index contributed by atoms with van der Waals surface area (Å²) in [6.45, 7) is 2.79. The Morgan fingerprint density at radius 1 is 1.00 bits per heavy atom. The van der Waals surface area contributed by atoms with Gasteiger partial charge in [-0.05, 0) is 60.4 Å². The topological polar surface area (TPSA) is 47.9 Å². The fraction of sp³-hybridized carbons (Fsp3) is 0.231. The van der Waals surface area contributed by atoms with Gasteiger partial charge in [0.05, 0.1) is 22.4 Å². The fourth-order valence-electron chi connectivity index (χ4n) is 4.74. The second-order valence-electron chi connectivity index (χ2n) is 8.41. The van der Waals surface area contributed by atoms with Gasteiger partial charge in [-0.2, -0.15) is 5.10 Å². The average Bonchev–Trinajstić information content (AvgIpc) is 3.41. The van der Waals surface area contributed by atoms with Gasteiger partial charge in [0.15, 0.2) is 0 Å². The number of nitrogens with one attached hydrogen (secondary N) is 1. The lowest BCUT2D eigenvalue weighted by Crippen LogP contribution is -2.46. The Balaban J connectivity index is 1.52. The maximum atomic E-state index is 13.5. The van der Waals surface area contributed by atoms with Gasteiger partial charge in [-0.25, -0.2) is 0 Å². The van der Waals surface area contributed by atoms with Crippen LogP contribution in [0.2, 0.25) is 15.1 Å². The molecular formula is C26H23Cl3N4O. The van der Waals surface area contributed by atoms with E-state index >= 15 is 0 Å². The van der Waals surface area contributed by atoms with Crippen LogP contribution in [0.5, 0.6) is 0 Å². The van der Waals surface area contributed by atoms with E-state index in [0.717, 1.165) is 30.6 Å². The van der Waals surface area contributed by atoms with Gasteiger partial charge in [0.25, 0.3) is 5.91 Å². The van der Waals surface area contributed by atoms with Gasteiger partial charge in [-0.1, -0.05) is 72.1 Å². The Bertz CT molecular complexity index is 1260. The molecule has 174 valence electrons. The third-order valence-electron chi connectivity index (χ3n) is 6.38. The van der Waals surface area contributed by atoms with Crippen molar-refractivity contribution in [2.45, 2.75) is 25.8 Å². The van der Waals surface area contributed by atoms with Crippen molar-refractivity contribution < 1.29 is 4.79 Å². The van der Waals surface area contributed by atoms with Crippen molar-refractivity contribution in [1.29, 1.82) is 0 Å². The molecule has 0 saturated heterocycles. The molecule has 0 unspecified atom stereocenters. The first kappa shape index (κ1) is 23.0. The average molecular weight is 514 g/mol. The third-order valence-corrected chi connectivity index (χ3v) is 7.17. The molecule has 0 aliphatic carbocycles. The number of para-hydroxylation sites is 1. The van der Waals surface area contributed by atoms with Crippen LogP contribution in [0, 0.1) is 5.92 Å². The summed E-state index contributed by atoms with van der Waals surface area (Å²) in [5.74, 6) is -0.360. The lowest BCUT2D eigenvalue weighted by atomic mass is 9.87. The zero-order chi connectivity index (χ0) is 23.8. The molecule has 2 atom stereocenters. The van der Waals surface area contributed by atoms with Gasteiger partial charge >= 0.3 is 0 Å². The van der Waals surface area contributed by atoms with Crippen LogP contribution in [0.3, 0.4) is 0 Å². The summed E-state index contributed by atoms with van der Waals surface area (Å²) < 4.78 is 0. The van der Waals surface area contributed by atoms with E-state index in [0.29, 0.717) is 26.5 Å². The van der Waals surface area contributed by atoms with E-state index in [1.54, 1.807) is 12.1 Å². The van der Waals surface area contributed by atoms with Crippen LogP contribution in [0.4, 0.5) is 11.4 Å². The first-order valence-electron chi connectivity index (χ1n) is 11.2. The van der Waals surface area contributed by atoms with Gasteiger partial charge in [0.1, 0.15) is 5.71 Å². The molecule has 5 nitrogen and oxygen atoms in total. The highest BCUT2D eigenvalue weighted by molar-refractivity contribution is 6.41. The highest BCUT2D eigenvalue weighted by atomic mass is 35.5. The predicted octanol–water partition coefficient (Wildman–Crippen LogP) is 6.68. The molecule has 3 aromatic carbocycles. The number of hydrogen-bond acceptors (Lipinski definition) is 4. The first-order valence-corrected chi connectivity index (χ1v) is 12.3. The zero-order valence-electron chi connectivity index (χ0n) is 18.5. The number of rotatable bonds is 5. The molecule has 0 fully saturated rings. The minimum absolute atomic E-state index is 0.147. The number of carbonyl (C=O) groups excluding carboxylic acids is 1. The second kappa shape index (κ2) is 9.49. The number of hydrazone groups is 1. The fourth-order valence-corrected chi connectivity index (χ4v) is 5.36. The van der Waals surface area contributed by atoms with Crippen LogP contribution in [-0.4, -0.2) is 18.2 Å². The molecule has 5 rings (SSSR count). The highest BCUT2D eigenvalue weighted by Gasteiger charge is 2.42. The second-order valence-corrected chi connectivity index (χ2v) is 9.69. The number of carbonyl (C=O) groups is 1. The molecule has 0 bridgehead atoms. The largest absolute Gasteiger partial charge is 0.286 e. The first-order chi connectivity index (χ1) is 16.5. The van der Waals surface area contributed by atoms with E-state index < -0.39 is 0 Å². The van der Waals surface area contributed by atoms with E-state index in [1.807, 2.05) is 58.5 Å². The zero-order valence-corrected chi connectivity index (χ0v) is 20.8. The molecule has 1 N–H and O–H groups in total. The third kappa shape index (κ3) is 4.24. The molecule has 34 heavy (non-hydrogen) atoms. The quantitative estimate of drug-likeness (QED) is 0.414. The lowest BCUT2D eigenvalue weighted by Gasteiger charge is -2.29. The van der Waals surface area contributed by atoms with E-state index in [1.165, 1.54) is 5.56 Å². The number of hydrazine groups is 1. The van der Waals surface area contributed by atoms with Crippen molar-refractivity contribution in [1.82, 2.24) is 5.43 Å². The minimum Gasteiger partial charge on any atom is -0.285 e. The van der Waals surface area contributed by atoms with Gasteiger partial charge in [-0.15, -0.1) is 0 Å². The molecule has 2 heterocycles. The highest BCUT2D eigenvalue weighted by Crippen LogP contribution is 2.44. The Labute approximate surface area is 213 Å². The van der Waals surface area contributed by atoms with E-state index in [2.05, 4.69) is 18.4 Å². The Morgan fingerprint density at radius 2 is 1.74 bits per heavy atom. The van der Waals surface area contributed by atoms with Crippen molar-refractivity contribution in [3.63, 3.8) is 0 Å². The van der Waals surface area contributed by atoms with Crippen molar-refractivity contribution >= 4 is 57.8 Å². The smallest absolute Gasteiger partial charge is 0.285 e. The van der Waals surface area contributed by atoms with Gasteiger partial charge < -0.3 is 0 Å². The maximum Gasteiger partial charge on any atom is 0.286 e. The van der Waals surface area contributed by atoms with Crippen LogP contribution in [0.25, 0.3) is 0 Å². The van der Waals surface area contributed by atoms with Crippen LogP contribution >= 0.6 is 34.8 Å². The Kier molecular flexibility index (Phi) is 6.43. The number of hydrogen-bond donors (Lipinski definition) is 1. The van der Waals surface area contributed by atoms with Crippen LogP contribution in [0.15, 0.2) is 71.8 Å². The summed E-state index contributed by atoms with van der Waals surface area (Å²) in [5.41, 5.74) is 7.49. The number of benzene rings is 3. The summed E-state index contributed by atoms with van der Waals surface area (Å²) in [5, 5.41) is 10.2. The Morgan fingerprint density at radius 3 is 2.47 bits per heavy atom. The normalized spacial score (nSPS) is 19.2. The summed E-state index contributed by atoms with van der Waals surface area (Å²) in [6, 6.07) is 20.8. The SMILES string of the molecule is CC[C@@H]1C(C(=O)NN2CCc3ccccc32)=NN(c2ccc(Cl)cc2Cl)[C@H]1c1ccc(Cl)cc1. The van der Waals surface area contributed by atoms with Crippen LogP contribution in [-0.2, 0) is 11.2 Å². The van der Waals surface area contributed by atoms with Gasteiger partial charge in [0, 0.05) is 22.5 Å². The lowest BCUT2D eigenvalue weighted by molar-refractivity contribution is -0.115. The number of fused-ring (bicyclic) bond motifs is 1. The molecule has 2 aliphatic rings. The van der Waals surface area contributed by atoms with Crippen molar-refractivity contribution in [2.75, 3.05) is 16.6 Å². The molecule has 0 saturated carbocycles. The molecular weight excluding hydrogens is 491 g/mol. The number of amides is 1. The van der Waals surface area contributed by atoms with E-state index in [-0.39, 0.29) is 17.9 Å². The van der Waals surface area contributed by atoms with Crippen molar-refractivity contribution in [3.8, 4) is 0 Å². The summed E-state index contributed by atoms with van der Waals surface area (Å²) in [4.78, 5) is 13.5. The van der Waals surface area contributed by atoms with Crippen LogP contribution < -0.4 is 15.4 Å². The monoisotopic (exact) mass is 512 g/mol. The predicted molar refractivity (Wildman–Crippen MR) is 140 cm³/mol. The van der Waals surface area contributed by atoms with Crippen LogP contribution in [0.1, 0.15) is 30.5 Å². The molecule has 8 heteroatoms. The van der Waals surface area contributed by atoms with Crippen molar-refractivity contribution in [2.24, 2.45) is 11.0 Å². The van der Waals surface area contributed by atoms with Gasteiger partial charge in [0.2, 0.25) is 0 Å². The maximum absolute atomic E-state index is 13.5. The number of halogens is 3. The summed E-state index contributed by atoms with van der Waals surface area (Å²) >= 11 is 18.9. The molecule has 0 radical (unpaired) electrons. The minimum atomic E-state index is -0.215. The molecule has 3 aromatic rings. The molecule has 2 aliphatic heterocycles. The summed E-state index contributed by atoms with van der Waals surface area (Å²) in [7, 11) is 0. The summed E-state index contributed by atoms with van der Waals surface area (Å²) in [6.07, 6.45) is 1.61. The number of nitrogens with zero attached hydrogens (tertiary/aromatic N) is 3. The standard InChI is InChI=1S/C26H23Cl3N4O/c1-2-20-24(26(34)31-32-14-13-16-5-3-4-6-22(16)32)30-33(23-12-11-19(28)15-21(23)29)25(20)17-7-9-18(27)10-8-17/h3-12,15,20,25H,2,13-14H2,1H3,(H,31,34)/t20-,25+/m1/s1.